The minimum Gasteiger partial charge on any atom is -0.311 e. The maximum atomic E-state index is 4.96. The number of rotatable bonds is 18. The molecule has 0 saturated heterocycles. The van der Waals surface area contributed by atoms with E-state index >= 15 is 0 Å². The number of aryl methyl sites for hydroxylation is 3. The van der Waals surface area contributed by atoms with Crippen molar-refractivity contribution in [2.24, 2.45) is 0 Å². The van der Waals surface area contributed by atoms with Crippen molar-refractivity contribution in [1.82, 2.24) is 26.2 Å². The van der Waals surface area contributed by atoms with Gasteiger partial charge in [-0.25, -0.2) is 0 Å². The SMILES string of the molecule is Cc1ccc(N(c2ccc(Br)cc2)c2ccc(-c3ccc(-c4ccc(-c5cc(-c6ccc(-c7ccc(-c8ccc(N(c9ccc(C)cc9)c9ccc(Br)cc9)cc8)c8nsnc78)cc6)cc(-c6ccc(-c7ccc(-c8ccc(N(c9ccc(C)cc9)c9ccc(Br)cc9)cc8)c8nsnc78)cc6)c5)cc4)c4nsnc34)cc2)cc1. The summed E-state index contributed by atoms with van der Waals surface area (Å²) in [7, 11) is 0. The highest BCUT2D eigenvalue weighted by Gasteiger charge is 2.23. The van der Waals surface area contributed by atoms with E-state index in [9.17, 15) is 0 Å². The summed E-state index contributed by atoms with van der Waals surface area (Å²) in [5.41, 5.74) is 37.7. The molecule has 0 saturated carbocycles. The van der Waals surface area contributed by atoms with Gasteiger partial charge in [0.25, 0.3) is 0 Å². The quantitative estimate of drug-likeness (QED) is 0.0834. The second-order valence-electron chi connectivity index (χ2n) is 28.5. The maximum Gasteiger partial charge on any atom is 0.113 e. The first kappa shape index (κ1) is 72.1. The van der Waals surface area contributed by atoms with E-state index in [1.54, 1.807) is 0 Å². The van der Waals surface area contributed by atoms with Crippen molar-refractivity contribution in [3.8, 4) is 100 Å². The van der Waals surface area contributed by atoms with Crippen LogP contribution in [0.4, 0.5) is 51.2 Å². The lowest BCUT2D eigenvalue weighted by Crippen LogP contribution is -2.09. The van der Waals surface area contributed by atoms with Gasteiger partial charge in [-0.2, -0.15) is 26.2 Å². The molecule has 0 amide bonds. The maximum absolute atomic E-state index is 4.96. The Morgan fingerprint density at radius 3 is 0.509 bits per heavy atom. The van der Waals surface area contributed by atoms with Crippen LogP contribution >= 0.6 is 83.0 Å². The zero-order valence-electron chi connectivity index (χ0n) is 61.8. The van der Waals surface area contributed by atoms with Gasteiger partial charge in [-0.15, -0.1) is 0 Å². The van der Waals surface area contributed by atoms with Crippen LogP contribution in [0.5, 0.6) is 0 Å². The smallest absolute Gasteiger partial charge is 0.113 e. The molecule has 15 heteroatoms. The average Bonchev–Trinajstić information content (AvgIpc) is 1.46. The molecule has 9 nitrogen and oxygen atoms in total. The van der Waals surface area contributed by atoms with Gasteiger partial charge in [0.2, 0.25) is 0 Å². The fourth-order valence-electron chi connectivity index (χ4n) is 15.2. The number of nitrogens with zero attached hydrogens (tertiary/aromatic N) is 9. The van der Waals surface area contributed by atoms with Gasteiger partial charge in [-0.3, -0.25) is 0 Å². The molecule has 3 heterocycles. The van der Waals surface area contributed by atoms with Crippen LogP contribution in [0.3, 0.4) is 0 Å². The molecule has 19 rings (SSSR count). The van der Waals surface area contributed by atoms with Gasteiger partial charge in [-0.1, -0.05) is 246 Å². The largest absolute Gasteiger partial charge is 0.311 e. The topological polar surface area (TPSA) is 87.1 Å². The molecule has 3 aromatic heterocycles. The van der Waals surface area contributed by atoms with E-state index in [1.165, 1.54) is 51.9 Å². The molecule has 0 N–H and O–H groups in total. The van der Waals surface area contributed by atoms with Crippen molar-refractivity contribution in [3.63, 3.8) is 0 Å². The van der Waals surface area contributed by atoms with Gasteiger partial charge in [0, 0.05) is 98.0 Å². The van der Waals surface area contributed by atoms with Crippen molar-refractivity contribution in [3.05, 3.63) is 376 Å². The Morgan fingerprint density at radius 2 is 0.325 bits per heavy atom. The third-order valence-corrected chi connectivity index (χ3v) is 24.4. The molecule has 0 atom stereocenters. The monoisotopic (exact) mass is 1710 g/mol. The number of halogens is 3. The van der Waals surface area contributed by atoms with E-state index in [-0.39, 0.29) is 0 Å². The summed E-state index contributed by atoms with van der Waals surface area (Å²) < 4.78 is 32.8. The Hall–Kier alpha value is -12.2. The van der Waals surface area contributed by atoms with E-state index in [0.717, 1.165) is 198 Å². The van der Waals surface area contributed by atoms with Crippen LogP contribution < -0.4 is 14.7 Å². The van der Waals surface area contributed by atoms with E-state index < -0.39 is 0 Å². The summed E-state index contributed by atoms with van der Waals surface area (Å²) in [5, 5.41) is 0. The van der Waals surface area contributed by atoms with E-state index in [4.69, 9.17) is 26.2 Å². The zero-order chi connectivity index (χ0) is 76.9. The van der Waals surface area contributed by atoms with Crippen LogP contribution in [0.15, 0.2) is 359 Å². The third-order valence-electron chi connectivity index (χ3n) is 21.2. The lowest BCUT2D eigenvalue weighted by atomic mass is 9.91. The average molecular weight is 1720 g/mol. The Kier molecular flexibility index (Phi) is 19.6. The lowest BCUT2D eigenvalue weighted by Gasteiger charge is -2.26. The number of hydrogen-bond donors (Lipinski definition) is 0. The zero-order valence-corrected chi connectivity index (χ0v) is 69.0. The van der Waals surface area contributed by atoms with E-state index in [0.29, 0.717) is 0 Å². The molecule has 0 aliphatic rings. The molecule has 0 unspecified atom stereocenters. The Labute approximate surface area is 698 Å². The predicted molar refractivity (Wildman–Crippen MR) is 490 cm³/mol. The number of benzene rings is 16. The molecule has 114 heavy (non-hydrogen) atoms. The molecule has 546 valence electrons. The predicted octanol–water partition coefficient (Wildman–Crippen LogP) is 30.3. The van der Waals surface area contributed by atoms with Crippen LogP contribution in [0, 0.1) is 20.8 Å². The van der Waals surface area contributed by atoms with Crippen molar-refractivity contribution < 1.29 is 0 Å². The summed E-state index contributed by atoms with van der Waals surface area (Å²) in [4.78, 5) is 6.85. The van der Waals surface area contributed by atoms with Crippen molar-refractivity contribution in [2.75, 3.05) is 14.7 Å². The van der Waals surface area contributed by atoms with Gasteiger partial charge in [0.1, 0.15) is 33.1 Å². The number of hydrogen-bond acceptors (Lipinski definition) is 12. The molecule has 0 bridgehead atoms. The summed E-state index contributed by atoms with van der Waals surface area (Å²) in [6, 6.07) is 124. The highest BCUT2D eigenvalue weighted by atomic mass is 79.9. The molecule has 0 spiro atoms. The molecular weight excluding hydrogens is 1650 g/mol. The highest BCUT2D eigenvalue weighted by Crippen LogP contribution is 2.46. The fourth-order valence-corrected chi connectivity index (χ4v) is 17.7. The van der Waals surface area contributed by atoms with E-state index in [1.807, 2.05) is 0 Å². The first-order valence-corrected chi connectivity index (χ1v) is 41.9. The lowest BCUT2D eigenvalue weighted by molar-refractivity contribution is 1.27. The molecule has 16 aromatic carbocycles. The van der Waals surface area contributed by atoms with Gasteiger partial charge in [-0.05, 0) is 251 Å². The standard InChI is InChI=1S/C99H66Br3N9S3/c1-61-4-34-79(35-5-61)109(85-46-28-76(100)29-47-85)82-40-22-70(23-41-82)91-55-52-88(94-97(91)106-112-103-94)67-16-10-64(11-17-67)73-58-74(65-12-18-68(19-13-65)89-53-56-92(98-95(89)104-113-107-98)71-24-42-83(43-25-71)110(80-36-6-62(2)7-37-80)86-48-30-77(101)31-49-86)60-75(59-73)66-14-20-69(21-15-66)90-54-57-93(99-96(90)105-114-108-99)72-26-44-84(45-27-72)111(81-38-8-63(3)9-39-81)87-50-32-78(102)33-51-87/h4-60H,1-3H3. The van der Waals surface area contributed by atoms with Gasteiger partial charge in [0.05, 0.1) is 35.2 Å². The number of anilines is 9. The van der Waals surface area contributed by atoms with Crippen molar-refractivity contribution >= 4 is 167 Å². The summed E-state index contributed by atoms with van der Waals surface area (Å²) in [6.07, 6.45) is 0. The normalized spacial score (nSPS) is 11.4. The van der Waals surface area contributed by atoms with Crippen LogP contribution in [0.2, 0.25) is 0 Å². The van der Waals surface area contributed by atoms with Crippen LogP contribution in [-0.2, 0) is 0 Å². The van der Waals surface area contributed by atoms with Crippen molar-refractivity contribution in [1.29, 1.82) is 0 Å². The molecule has 19 aromatic rings. The molecule has 0 fully saturated rings. The molecule has 0 aliphatic carbocycles. The third kappa shape index (κ3) is 14.3. The Bertz CT molecular complexity index is 5920. The van der Waals surface area contributed by atoms with Gasteiger partial charge in [0.15, 0.2) is 0 Å². The second kappa shape index (κ2) is 31.1. The first-order valence-electron chi connectivity index (χ1n) is 37.3. The molecule has 0 aliphatic heterocycles. The second-order valence-corrected chi connectivity index (χ2v) is 32.8. The summed E-state index contributed by atoms with van der Waals surface area (Å²) in [6.45, 7) is 6.35. The minimum atomic E-state index is 0.876. The number of aromatic nitrogens is 6. The summed E-state index contributed by atoms with van der Waals surface area (Å²) in [5.74, 6) is 0. The van der Waals surface area contributed by atoms with Gasteiger partial charge < -0.3 is 14.7 Å². The van der Waals surface area contributed by atoms with Crippen LogP contribution in [0.25, 0.3) is 133 Å². The Morgan fingerprint density at radius 1 is 0.175 bits per heavy atom. The molecular formula is C99H66Br3N9S3. The minimum absolute atomic E-state index is 0.876. The molecule has 0 radical (unpaired) electrons. The highest BCUT2D eigenvalue weighted by molar-refractivity contribution is 9.11. The van der Waals surface area contributed by atoms with Crippen molar-refractivity contribution in [2.45, 2.75) is 20.8 Å². The van der Waals surface area contributed by atoms with Crippen LogP contribution in [0.1, 0.15) is 16.7 Å². The summed E-state index contributed by atoms with van der Waals surface area (Å²) >= 11 is 14.7. The Balaban J connectivity index is 0.635. The number of fused-ring (bicyclic) bond motifs is 3. The fraction of sp³-hybridized carbons (Fsp3) is 0.0303. The van der Waals surface area contributed by atoms with Crippen LogP contribution in [-0.4, -0.2) is 26.2 Å². The first-order chi connectivity index (χ1) is 55.9. The van der Waals surface area contributed by atoms with E-state index in [2.05, 4.69) is 429 Å². The van der Waals surface area contributed by atoms with Gasteiger partial charge >= 0.3 is 0 Å².